The highest BCUT2D eigenvalue weighted by molar-refractivity contribution is 5.76. The molecule has 2 unspecified atom stereocenters. The number of carbonyl (C=O) groups excluding carboxylic acids is 2. The fraction of sp³-hybridized carbons (Fsp3) is 0.556. The van der Waals surface area contributed by atoms with Crippen molar-refractivity contribution in [3.63, 3.8) is 0 Å². The number of hydrogen-bond acceptors (Lipinski definition) is 5. The number of benzene rings is 1. The maximum Gasteiger partial charge on any atom is 0.410 e. The van der Waals surface area contributed by atoms with Gasteiger partial charge < -0.3 is 20.1 Å². The van der Waals surface area contributed by atoms with Gasteiger partial charge in [-0.2, -0.15) is 0 Å². The van der Waals surface area contributed by atoms with Gasteiger partial charge in [0.25, 0.3) is 0 Å². The molecule has 0 saturated carbocycles. The van der Waals surface area contributed by atoms with E-state index in [1.54, 1.807) is 25.7 Å². The van der Waals surface area contributed by atoms with Gasteiger partial charge in [0, 0.05) is 19.0 Å². The van der Waals surface area contributed by atoms with Crippen molar-refractivity contribution in [2.75, 3.05) is 13.1 Å². The largest absolute Gasteiger partial charge is 0.459 e. The number of esters is 1. The zero-order valence-corrected chi connectivity index (χ0v) is 14.5. The minimum Gasteiger partial charge on any atom is -0.459 e. The average Bonchev–Trinajstić information content (AvgIpc) is 3.01. The molecule has 2 rings (SSSR count). The molecule has 132 valence electrons. The molecule has 1 aliphatic heterocycles. The second-order valence-electron chi connectivity index (χ2n) is 7.09. The molecule has 0 spiro atoms. The lowest BCUT2D eigenvalue weighted by Gasteiger charge is -2.25. The Morgan fingerprint density at radius 2 is 1.96 bits per heavy atom. The maximum absolute atomic E-state index is 12.1. The number of carbonyl (C=O) groups is 2. The first kappa shape index (κ1) is 18.3. The normalized spacial score (nSPS) is 19.0. The first-order valence-electron chi connectivity index (χ1n) is 8.20. The minimum absolute atomic E-state index is 0.107. The zero-order chi connectivity index (χ0) is 17.7. The molecule has 1 aromatic carbocycles. The van der Waals surface area contributed by atoms with E-state index in [0.717, 1.165) is 5.56 Å². The Morgan fingerprint density at radius 1 is 1.29 bits per heavy atom. The lowest BCUT2D eigenvalue weighted by atomic mass is 10.00. The van der Waals surface area contributed by atoms with Crippen molar-refractivity contribution >= 4 is 12.1 Å². The van der Waals surface area contributed by atoms with Crippen LogP contribution in [0.4, 0.5) is 4.79 Å². The molecule has 0 bridgehead atoms. The average molecular weight is 334 g/mol. The molecule has 1 saturated heterocycles. The molecule has 2 N–H and O–H groups in total. The first-order chi connectivity index (χ1) is 11.3. The van der Waals surface area contributed by atoms with E-state index in [9.17, 15) is 9.59 Å². The number of ether oxygens (including phenoxy) is 2. The SMILES string of the molecule is CC(C)(C)OC(=O)C(N)C1CCN(C(=O)OCc2ccccc2)C1. The molecule has 24 heavy (non-hydrogen) atoms. The van der Waals surface area contributed by atoms with Crippen molar-refractivity contribution in [3.05, 3.63) is 35.9 Å². The van der Waals surface area contributed by atoms with Gasteiger partial charge in [-0.25, -0.2) is 4.79 Å². The van der Waals surface area contributed by atoms with Gasteiger partial charge in [-0.3, -0.25) is 4.79 Å². The Labute approximate surface area is 142 Å². The van der Waals surface area contributed by atoms with Crippen LogP contribution in [0.1, 0.15) is 32.8 Å². The minimum atomic E-state index is -0.726. The number of likely N-dealkylation sites (tertiary alicyclic amines) is 1. The van der Waals surface area contributed by atoms with Gasteiger partial charge in [0.1, 0.15) is 18.2 Å². The van der Waals surface area contributed by atoms with Crippen molar-refractivity contribution in [2.45, 2.75) is 45.4 Å². The van der Waals surface area contributed by atoms with E-state index in [0.29, 0.717) is 19.5 Å². The molecule has 0 aromatic heterocycles. The van der Waals surface area contributed by atoms with Gasteiger partial charge in [-0.15, -0.1) is 0 Å². The van der Waals surface area contributed by atoms with Crippen LogP contribution in [0.3, 0.4) is 0 Å². The van der Waals surface area contributed by atoms with Crippen molar-refractivity contribution in [3.8, 4) is 0 Å². The van der Waals surface area contributed by atoms with Crippen LogP contribution in [-0.4, -0.2) is 41.7 Å². The van der Waals surface area contributed by atoms with E-state index < -0.39 is 17.6 Å². The van der Waals surface area contributed by atoms with Crippen molar-refractivity contribution in [2.24, 2.45) is 11.7 Å². The molecule has 2 atom stereocenters. The summed E-state index contributed by atoms with van der Waals surface area (Å²) in [6, 6.07) is 8.78. The molecule has 1 aliphatic rings. The summed E-state index contributed by atoms with van der Waals surface area (Å²) >= 11 is 0. The quantitative estimate of drug-likeness (QED) is 0.855. The number of nitrogens with two attached hydrogens (primary N) is 1. The van der Waals surface area contributed by atoms with Gasteiger partial charge in [0.05, 0.1) is 0 Å². The van der Waals surface area contributed by atoms with Crippen LogP contribution in [0, 0.1) is 5.92 Å². The Kier molecular flexibility index (Phi) is 5.83. The van der Waals surface area contributed by atoms with Crippen LogP contribution in [0.2, 0.25) is 0 Å². The lowest BCUT2D eigenvalue weighted by molar-refractivity contribution is -0.157. The third kappa shape index (κ3) is 5.23. The summed E-state index contributed by atoms with van der Waals surface area (Å²) in [5.41, 5.74) is 6.37. The van der Waals surface area contributed by atoms with Crippen LogP contribution in [0.15, 0.2) is 30.3 Å². The number of amides is 1. The number of nitrogens with zero attached hydrogens (tertiary/aromatic N) is 1. The smallest absolute Gasteiger partial charge is 0.410 e. The van der Waals surface area contributed by atoms with E-state index >= 15 is 0 Å². The van der Waals surface area contributed by atoms with E-state index in [4.69, 9.17) is 15.2 Å². The predicted octanol–water partition coefficient (Wildman–Crippen LogP) is 2.31. The van der Waals surface area contributed by atoms with Gasteiger partial charge in [0.15, 0.2) is 0 Å². The van der Waals surface area contributed by atoms with Crippen molar-refractivity contribution in [1.29, 1.82) is 0 Å². The summed E-state index contributed by atoms with van der Waals surface area (Å²) in [4.78, 5) is 25.8. The second-order valence-corrected chi connectivity index (χ2v) is 7.09. The zero-order valence-electron chi connectivity index (χ0n) is 14.5. The fourth-order valence-electron chi connectivity index (χ4n) is 2.62. The molecule has 6 nitrogen and oxygen atoms in total. The molecule has 0 radical (unpaired) electrons. The van der Waals surface area contributed by atoms with Crippen LogP contribution >= 0.6 is 0 Å². The van der Waals surface area contributed by atoms with Crippen molar-refractivity contribution < 1.29 is 19.1 Å². The van der Waals surface area contributed by atoms with E-state index in [1.807, 2.05) is 30.3 Å². The highest BCUT2D eigenvalue weighted by atomic mass is 16.6. The lowest BCUT2D eigenvalue weighted by Crippen LogP contribution is -2.44. The summed E-state index contributed by atoms with van der Waals surface area (Å²) in [7, 11) is 0. The van der Waals surface area contributed by atoms with Gasteiger partial charge in [0.2, 0.25) is 0 Å². The van der Waals surface area contributed by atoms with Crippen LogP contribution in [-0.2, 0) is 20.9 Å². The number of rotatable bonds is 4. The van der Waals surface area contributed by atoms with Gasteiger partial charge in [-0.1, -0.05) is 30.3 Å². The van der Waals surface area contributed by atoms with Crippen molar-refractivity contribution in [1.82, 2.24) is 4.90 Å². The molecule has 6 heteroatoms. The summed E-state index contributed by atoms with van der Waals surface area (Å²) in [5.74, 6) is -0.531. The fourth-order valence-corrected chi connectivity index (χ4v) is 2.62. The summed E-state index contributed by atoms with van der Waals surface area (Å²) < 4.78 is 10.6. The van der Waals surface area contributed by atoms with E-state index in [-0.39, 0.29) is 18.6 Å². The maximum atomic E-state index is 12.1. The third-order valence-electron chi connectivity index (χ3n) is 3.87. The molecule has 1 heterocycles. The van der Waals surface area contributed by atoms with Crippen LogP contribution in [0.25, 0.3) is 0 Å². The molecule has 1 fully saturated rings. The molecular formula is C18H26N2O4. The first-order valence-corrected chi connectivity index (χ1v) is 8.20. The standard InChI is InChI=1S/C18H26N2O4/c1-18(2,3)24-16(21)15(19)14-9-10-20(11-14)17(22)23-12-13-7-5-4-6-8-13/h4-8,14-15H,9-12,19H2,1-3H3. The van der Waals surface area contributed by atoms with Gasteiger partial charge in [-0.05, 0) is 32.8 Å². The molecular weight excluding hydrogens is 308 g/mol. The third-order valence-corrected chi connectivity index (χ3v) is 3.87. The predicted molar refractivity (Wildman–Crippen MR) is 90.1 cm³/mol. The number of hydrogen-bond donors (Lipinski definition) is 1. The van der Waals surface area contributed by atoms with Crippen LogP contribution < -0.4 is 5.73 Å². The highest BCUT2D eigenvalue weighted by Gasteiger charge is 2.36. The Bertz CT molecular complexity index is 568. The monoisotopic (exact) mass is 334 g/mol. The Balaban J connectivity index is 1.81. The molecule has 0 aliphatic carbocycles. The summed E-state index contributed by atoms with van der Waals surface area (Å²) in [5, 5.41) is 0. The van der Waals surface area contributed by atoms with Crippen LogP contribution in [0.5, 0.6) is 0 Å². The topological polar surface area (TPSA) is 81.9 Å². The Hall–Kier alpha value is -2.08. The highest BCUT2D eigenvalue weighted by Crippen LogP contribution is 2.22. The van der Waals surface area contributed by atoms with E-state index in [2.05, 4.69) is 0 Å². The molecule has 1 aromatic rings. The second kappa shape index (κ2) is 7.66. The molecule has 1 amide bonds. The Morgan fingerprint density at radius 3 is 2.58 bits per heavy atom. The summed E-state index contributed by atoms with van der Waals surface area (Å²) in [6.07, 6.45) is 0.290. The van der Waals surface area contributed by atoms with E-state index in [1.165, 1.54) is 0 Å². The summed E-state index contributed by atoms with van der Waals surface area (Å²) in [6.45, 7) is 6.60. The van der Waals surface area contributed by atoms with Gasteiger partial charge >= 0.3 is 12.1 Å².